The Bertz CT molecular complexity index is 1050. The third-order valence-corrected chi connectivity index (χ3v) is 9.58. The molecule has 0 spiro atoms. The number of carbonyl (C=O) groups excluding carboxylic acids is 2. The molecule has 0 N–H and O–H groups in total. The molecule has 2 unspecified atom stereocenters. The minimum Gasteiger partial charge on any atom is -0.756 e. The number of likely N-dealkylation sites (N-methyl/N-ethyl adjacent to an activating group) is 1. The number of phosphoric acid groups is 1. The maximum atomic E-state index is 12.6. The maximum Gasteiger partial charge on any atom is 0.306 e. The van der Waals surface area contributed by atoms with E-state index in [1.54, 1.807) is 0 Å². The van der Waals surface area contributed by atoms with Crippen molar-refractivity contribution >= 4 is 19.8 Å². The van der Waals surface area contributed by atoms with Gasteiger partial charge in [0.25, 0.3) is 7.82 Å². The van der Waals surface area contributed by atoms with Crippen LogP contribution in [0.25, 0.3) is 0 Å². The van der Waals surface area contributed by atoms with Gasteiger partial charge in [-0.2, -0.15) is 0 Å². The fourth-order valence-corrected chi connectivity index (χ4v) is 6.01. The van der Waals surface area contributed by atoms with E-state index in [9.17, 15) is 19.0 Å². The summed E-state index contributed by atoms with van der Waals surface area (Å²) in [5.74, 6) is -0.947. The van der Waals surface area contributed by atoms with Gasteiger partial charge in [-0.15, -0.1) is 0 Å². The molecule has 0 aromatic rings. The van der Waals surface area contributed by atoms with Crippen LogP contribution in [-0.2, 0) is 32.7 Å². The number of unbranched alkanes of at least 4 members (excludes halogenated alkanes) is 16. The van der Waals surface area contributed by atoms with Gasteiger partial charge in [-0.25, -0.2) is 0 Å². The van der Waals surface area contributed by atoms with Gasteiger partial charge >= 0.3 is 11.9 Å². The second-order valence-electron chi connectivity index (χ2n) is 15.0. The Balaban J connectivity index is 4.51. The van der Waals surface area contributed by atoms with E-state index in [4.69, 9.17) is 18.5 Å². The quantitative estimate of drug-likeness (QED) is 0.0153. The van der Waals surface area contributed by atoms with Gasteiger partial charge in [0.1, 0.15) is 19.8 Å². The van der Waals surface area contributed by atoms with Crippen molar-refractivity contribution in [3.63, 3.8) is 0 Å². The molecule has 53 heavy (non-hydrogen) atoms. The van der Waals surface area contributed by atoms with E-state index in [-0.39, 0.29) is 26.1 Å². The molecule has 0 bridgehead atoms. The first-order chi connectivity index (χ1) is 25.5. The standard InChI is InChI=1S/C43H78NO8P/c1-6-8-10-12-14-16-18-20-21-22-24-25-27-29-31-33-35-42(45)49-39-41(40-51-53(47,48)50-38-37-44(3,4)5)52-43(46)36-34-32-30-28-26-23-19-17-15-13-11-9-7-2/h21-26,30,32,41H,6-20,27-29,31,33-40H2,1-5H3/b22-21+,25-24+,26-23+,32-30+. The van der Waals surface area contributed by atoms with Crippen molar-refractivity contribution in [2.45, 2.75) is 168 Å². The third-order valence-electron chi connectivity index (χ3n) is 8.61. The number of quaternary nitrogens is 1. The fourth-order valence-electron chi connectivity index (χ4n) is 5.28. The molecule has 10 heteroatoms. The van der Waals surface area contributed by atoms with E-state index in [0.29, 0.717) is 23.9 Å². The molecule has 2 atom stereocenters. The van der Waals surface area contributed by atoms with Crippen molar-refractivity contribution in [2.24, 2.45) is 0 Å². The smallest absolute Gasteiger partial charge is 0.306 e. The van der Waals surface area contributed by atoms with Crippen molar-refractivity contribution in [1.29, 1.82) is 0 Å². The number of hydrogen-bond donors (Lipinski definition) is 0. The normalized spacial score (nSPS) is 14.2. The number of carbonyl (C=O) groups is 2. The first kappa shape index (κ1) is 51.0. The monoisotopic (exact) mass is 768 g/mol. The summed E-state index contributed by atoms with van der Waals surface area (Å²) in [5, 5.41) is 0. The molecule has 308 valence electrons. The Morgan fingerprint density at radius 3 is 1.68 bits per heavy atom. The van der Waals surface area contributed by atoms with Gasteiger partial charge in [0.15, 0.2) is 6.10 Å². The summed E-state index contributed by atoms with van der Waals surface area (Å²) < 4.78 is 33.7. The SMILES string of the molecule is CCCCCCCC/C=C/C/C=C/CCC(=O)OC(COC(=O)CCCCC/C=C/C=C/CCCCCCCCC)COP(=O)([O-])OCC[N+](C)(C)C. The van der Waals surface area contributed by atoms with Gasteiger partial charge in [0.05, 0.1) is 27.7 Å². The van der Waals surface area contributed by atoms with Crippen LogP contribution in [0, 0.1) is 0 Å². The number of nitrogens with zero attached hydrogens (tertiary/aromatic N) is 1. The fraction of sp³-hybridized carbons (Fsp3) is 0.767. The van der Waals surface area contributed by atoms with Crippen LogP contribution in [0.5, 0.6) is 0 Å². The van der Waals surface area contributed by atoms with Crippen LogP contribution in [0.15, 0.2) is 48.6 Å². The van der Waals surface area contributed by atoms with Gasteiger partial charge in [-0.05, 0) is 57.8 Å². The molecule has 0 rings (SSSR count). The highest BCUT2D eigenvalue weighted by atomic mass is 31.2. The number of ether oxygens (including phenoxy) is 2. The average Bonchev–Trinajstić information content (AvgIpc) is 3.10. The lowest BCUT2D eigenvalue weighted by atomic mass is 10.1. The topological polar surface area (TPSA) is 111 Å². The average molecular weight is 768 g/mol. The highest BCUT2D eigenvalue weighted by Gasteiger charge is 2.21. The predicted molar refractivity (Wildman–Crippen MR) is 217 cm³/mol. The van der Waals surface area contributed by atoms with Crippen LogP contribution in [0.3, 0.4) is 0 Å². The number of allylic oxidation sites excluding steroid dienone is 8. The van der Waals surface area contributed by atoms with Crippen molar-refractivity contribution in [3.8, 4) is 0 Å². The van der Waals surface area contributed by atoms with Gasteiger partial charge in [-0.3, -0.25) is 14.2 Å². The summed E-state index contributed by atoms with van der Waals surface area (Å²) in [6.07, 6.45) is 40.1. The Hall–Kier alpha value is -2.03. The molecular weight excluding hydrogens is 689 g/mol. The van der Waals surface area contributed by atoms with Gasteiger partial charge in [0.2, 0.25) is 0 Å². The molecule has 0 aromatic heterocycles. The number of hydrogen-bond acceptors (Lipinski definition) is 8. The van der Waals surface area contributed by atoms with Crippen molar-refractivity contribution in [3.05, 3.63) is 48.6 Å². The van der Waals surface area contributed by atoms with Crippen LogP contribution in [-0.4, -0.2) is 70.0 Å². The van der Waals surface area contributed by atoms with E-state index in [0.717, 1.165) is 38.5 Å². The molecule has 0 fully saturated rings. The molecule has 0 aliphatic rings. The predicted octanol–water partition coefficient (Wildman–Crippen LogP) is 10.9. The highest BCUT2D eigenvalue weighted by molar-refractivity contribution is 7.45. The van der Waals surface area contributed by atoms with Crippen LogP contribution >= 0.6 is 7.82 Å². The Labute approximate surface area is 324 Å². The summed E-state index contributed by atoms with van der Waals surface area (Å²) in [5.41, 5.74) is 0. The van der Waals surface area contributed by atoms with Crippen molar-refractivity contribution in [1.82, 2.24) is 0 Å². The second kappa shape index (κ2) is 35.7. The summed E-state index contributed by atoms with van der Waals surface area (Å²) in [7, 11) is 1.11. The third kappa shape index (κ3) is 39.5. The van der Waals surface area contributed by atoms with E-state index in [1.807, 2.05) is 33.3 Å². The molecule has 0 saturated carbocycles. The van der Waals surface area contributed by atoms with E-state index >= 15 is 0 Å². The molecular formula is C43H78NO8P. The largest absolute Gasteiger partial charge is 0.756 e. The van der Waals surface area contributed by atoms with Gasteiger partial charge < -0.3 is 27.9 Å². The minimum atomic E-state index is -4.64. The lowest BCUT2D eigenvalue weighted by molar-refractivity contribution is -0.870. The number of esters is 2. The summed E-state index contributed by atoms with van der Waals surface area (Å²) in [6.45, 7) is 4.10. The van der Waals surface area contributed by atoms with E-state index < -0.39 is 32.5 Å². The first-order valence-electron chi connectivity index (χ1n) is 20.9. The number of phosphoric ester groups is 1. The molecule has 0 aromatic carbocycles. The molecule has 0 aliphatic carbocycles. The summed E-state index contributed by atoms with van der Waals surface area (Å²) in [4.78, 5) is 37.4. The Morgan fingerprint density at radius 1 is 0.604 bits per heavy atom. The van der Waals surface area contributed by atoms with Gasteiger partial charge in [-0.1, -0.05) is 140 Å². The van der Waals surface area contributed by atoms with Crippen LogP contribution in [0.2, 0.25) is 0 Å². The van der Waals surface area contributed by atoms with Crippen LogP contribution < -0.4 is 4.89 Å². The van der Waals surface area contributed by atoms with E-state index in [1.165, 1.54) is 83.5 Å². The molecule has 9 nitrogen and oxygen atoms in total. The zero-order valence-corrected chi connectivity index (χ0v) is 35.3. The molecule has 0 heterocycles. The zero-order chi connectivity index (χ0) is 39.3. The van der Waals surface area contributed by atoms with Crippen molar-refractivity contribution in [2.75, 3.05) is 47.5 Å². The van der Waals surface area contributed by atoms with Crippen LogP contribution in [0.4, 0.5) is 0 Å². The molecule has 0 amide bonds. The summed E-state index contributed by atoms with van der Waals surface area (Å²) >= 11 is 0. The summed E-state index contributed by atoms with van der Waals surface area (Å²) in [6, 6.07) is 0. The number of rotatable bonds is 37. The zero-order valence-electron chi connectivity index (χ0n) is 34.4. The molecule has 0 radical (unpaired) electrons. The minimum absolute atomic E-state index is 0.0455. The molecule has 0 aliphatic heterocycles. The Morgan fingerprint density at radius 2 is 1.11 bits per heavy atom. The lowest BCUT2D eigenvalue weighted by Gasteiger charge is -2.28. The second-order valence-corrected chi connectivity index (χ2v) is 16.4. The van der Waals surface area contributed by atoms with Crippen LogP contribution in [0.1, 0.15) is 162 Å². The van der Waals surface area contributed by atoms with Gasteiger partial charge in [0, 0.05) is 12.8 Å². The molecule has 0 saturated heterocycles. The lowest BCUT2D eigenvalue weighted by Crippen LogP contribution is -2.37. The van der Waals surface area contributed by atoms with Crippen molar-refractivity contribution < 1.29 is 42.1 Å². The highest BCUT2D eigenvalue weighted by Crippen LogP contribution is 2.38. The first-order valence-corrected chi connectivity index (χ1v) is 22.3. The Kier molecular flexibility index (Phi) is 34.3. The van der Waals surface area contributed by atoms with E-state index in [2.05, 4.69) is 50.3 Å². The maximum absolute atomic E-state index is 12.6.